The Hall–Kier alpha value is -3.26. The van der Waals surface area contributed by atoms with E-state index in [2.05, 4.69) is 0 Å². The molecule has 0 bridgehead atoms. The van der Waals surface area contributed by atoms with Crippen LogP contribution in [0.15, 0.2) is 65.7 Å². The number of rotatable bonds is 4. The van der Waals surface area contributed by atoms with Crippen molar-refractivity contribution in [2.45, 2.75) is 18.9 Å². The van der Waals surface area contributed by atoms with Crippen molar-refractivity contribution in [2.75, 3.05) is 18.0 Å². The van der Waals surface area contributed by atoms with Crippen LogP contribution >= 0.6 is 23.2 Å². The van der Waals surface area contributed by atoms with Crippen LogP contribution in [0.1, 0.15) is 13.3 Å². The van der Waals surface area contributed by atoms with Crippen LogP contribution in [0.25, 0.3) is 27.9 Å². The van der Waals surface area contributed by atoms with Crippen LogP contribution in [0.3, 0.4) is 0 Å². The number of aryl methyl sites for hydroxylation is 1. The van der Waals surface area contributed by atoms with Gasteiger partial charge >= 0.3 is 5.69 Å². The number of benzene rings is 3. The number of phenolic OH excluding ortho intramolecular Hbond substituents is 1. The van der Waals surface area contributed by atoms with Gasteiger partial charge in [0.2, 0.25) is 0 Å². The molecule has 0 aliphatic carbocycles. The highest BCUT2D eigenvalue weighted by Crippen LogP contribution is 2.42. The summed E-state index contributed by atoms with van der Waals surface area (Å²) in [6, 6.07) is 12.6. The monoisotopic (exact) mass is 527 g/mol. The maximum absolute atomic E-state index is 14.8. The molecule has 186 valence electrons. The van der Waals surface area contributed by atoms with Gasteiger partial charge in [0.1, 0.15) is 11.6 Å². The summed E-state index contributed by atoms with van der Waals surface area (Å²) in [5.74, 6) is -0.642. The van der Waals surface area contributed by atoms with Gasteiger partial charge in [0.05, 0.1) is 27.0 Å². The van der Waals surface area contributed by atoms with Crippen molar-refractivity contribution < 1.29 is 14.6 Å². The lowest BCUT2D eigenvalue weighted by molar-refractivity contribution is 0.0839. The normalized spacial score (nSPS) is 17.7. The largest absolute Gasteiger partial charge is 0.507 e. The fourth-order valence-corrected chi connectivity index (χ4v) is 5.14. The average Bonchev–Trinajstić information content (AvgIpc) is 3.36. The first kappa shape index (κ1) is 24.4. The Morgan fingerprint density at radius 1 is 0.944 bits per heavy atom. The number of aliphatic hydroxyl groups is 1. The number of hydrogen-bond donors (Lipinski definition) is 2. The molecule has 9 heteroatoms. The van der Waals surface area contributed by atoms with Crippen LogP contribution in [0.2, 0.25) is 10.0 Å². The second-order valence-electron chi connectivity index (χ2n) is 9.41. The molecule has 5 rings (SSSR count). The lowest BCUT2D eigenvalue weighted by Gasteiger charge is -2.23. The van der Waals surface area contributed by atoms with Crippen LogP contribution in [0.5, 0.6) is 5.75 Å². The van der Waals surface area contributed by atoms with Gasteiger partial charge in [-0.3, -0.25) is 4.57 Å². The Labute approximate surface area is 217 Å². The maximum Gasteiger partial charge on any atom is 0.332 e. The summed E-state index contributed by atoms with van der Waals surface area (Å²) in [5, 5.41) is 22.4. The zero-order valence-electron chi connectivity index (χ0n) is 19.7. The third-order valence-corrected chi connectivity index (χ3v) is 7.21. The zero-order valence-corrected chi connectivity index (χ0v) is 21.2. The number of halogens is 3. The predicted octanol–water partition coefficient (Wildman–Crippen LogP) is 5.62. The summed E-state index contributed by atoms with van der Waals surface area (Å²) >= 11 is 12.9. The van der Waals surface area contributed by atoms with E-state index >= 15 is 0 Å². The van der Waals surface area contributed by atoms with E-state index in [1.54, 1.807) is 62.8 Å². The first-order chi connectivity index (χ1) is 17.0. The highest BCUT2D eigenvalue weighted by atomic mass is 35.5. The molecular weight excluding hydrogens is 504 g/mol. The Balaban J connectivity index is 1.56. The average molecular weight is 528 g/mol. The Morgan fingerprint density at radius 3 is 2.19 bits per heavy atom. The molecule has 0 saturated carbocycles. The van der Waals surface area contributed by atoms with Crippen molar-refractivity contribution in [3.05, 3.63) is 87.3 Å². The standard InChI is InChI=1S/C27H24Cl2FN3O3/c1-27(36)7-8-32(15-27)24-12-17(3-5-21(24)28)20-14-18(30)13-19(25(20)34)16-4-6-23(22(29)11-16)33-10-9-31(2)26(33)35/h3-6,9-14,34,36H,7-8,15H2,1-2H3/t27-/m1/s1. The van der Waals surface area contributed by atoms with Gasteiger partial charge in [-0.2, -0.15) is 0 Å². The van der Waals surface area contributed by atoms with E-state index in [-0.39, 0.29) is 22.0 Å². The fraction of sp³-hybridized carbons (Fsp3) is 0.222. The topological polar surface area (TPSA) is 70.6 Å². The Kier molecular flexibility index (Phi) is 6.11. The smallest absolute Gasteiger partial charge is 0.332 e. The third-order valence-electron chi connectivity index (χ3n) is 6.59. The van der Waals surface area contributed by atoms with Crippen LogP contribution in [0.4, 0.5) is 10.1 Å². The fourth-order valence-electron chi connectivity index (χ4n) is 4.63. The Bertz CT molecular complexity index is 1540. The molecule has 1 fully saturated rings. The van der Waals surface area contributed by atoms with E-state index in [1.165, 1.54) is 21.3 Å². The first-order valence-corrected chi connectivity index (χ1v) is 12.1. The molecule has 3 aromatic carbocycles. The van der Waals surface area contributed by atoms with Gasteiger partial charge in [0.15, 0.2) is 0 Å². The molecule has 0 radical (unpaired) electrons. The molecule has 2 N–H and O–H groups in total. The minimum Gasteiger partial charge on any atom is -0.507 e. The van der Waals surface area contributed by atoms with E-state index in [1.807, 2.05) is 4.90 Å². The molecular formula is C27H24Cl2FN3O3. The summed E-state index contributed by atoms with van der Waals surface area (Å²) in [6.45, 7) is 2.83. The highest BCUT2D eigenvalue weighted by Gasteiger charge is 2.32. The number of phenols is 1. The molecule has 1 saturated heterocycles. The minimum atomic E-state index is -0.816. The molecule has 4 aromatic rings. The molecule has 1 atom stereocenters. The molecule has 1 aliphatic heterocycles. The molecule has 0 spiro atoms. The first-order valence-electron chi connectivity index (χ1n) is 11.4. The number of imidazole rings is 1. The molecule has 6 nitrogen and oxygen atoms in total. The van der Waals surface area contributed by atoms with Crippen molar-refractivity contribution >= 4 is 28.9 Å². The van der Waals surface area contributed by atoms with E-state index in [0.717, 1.165) is 0 Å². The quantitative estimate of drug-likeness (QED) is 0.361. The van der Waals surface area contributed by atoms with E-state index in [4.69, 9.17) is 23.2 Å². The number of aromatic nitrogens is 2. The molecule has 2 heterocycles. The summed E-state index contributed by atoms with van der Waals surface area (Å²) in [7, 11) is 1.64. The Morgan fingerprint density at radius 2 is 1.61 bits per heavy atom. The van der Waals surface area contributed by atoms with Crippen LogP contribution in [0, 0.1) is 5.82 Å². The van der Waals surface area contributed by atoms with Crippen molar-refractivity contribution in [1.82, 2.24) is 9.13 Å². The molecule has 0 unspecified atom stereocenters. The summed E-state index contributed by atoms with van der Waals surface area (Å²) in [4.78, 5) is 14.3. The summed E-state index contributed by atoms with van der Waals surface area (Å²) < 4.78 is 17.6. The molecule has 1 aromatic heterocycles. The van der Waals surface area contributed by atoms with E-state index < -0.39 is 11.4 Å². The van der Waals surface area contributed by atoms with Crippen molar-refractivity contribution in [1.29, 1.82) is 0 Å². The zero-order chi connectivity index (χ0) is 25.8. The highest BCUT2D eigenvalue weighted by molar-refractivity contribution is 6.33. The number of aromatic hydroxyl groups is 1. The number of nitrogens with zero attached hydrogens (tertiary/aromatic N) is 3. The van der Waals surface area contributed by atoms with Crippen molar-refractivity contribution in [2.24, 2.45) is 7.05 Å². The molecule has 1 aliphatic rings. The number of anilines is 1. The van der Waals surface area contributed by atoms with Crippen LogP contribution in [-0.2, 0) is 7.05 Å². The van der Waals surface area contributed by atoms with Gasteiger partial charge in [0.25, 0.3) is 0 Å². The second kappa shape index (κ2) is 9.00. The van der Waals surface area contributed by atoms with E-state index in [0.29, 0.717) is 52.6 Å². The van der Waals surface area contributed by atoms with Crippen molar-refractivity contribution in [3.8, 4) is 33.7 Å². The van der Waals surface area contributed by atoms with Gasteiger partial charge in [-0.15, -0.1) is 0 Å². The second-order valence-corrected chi connectivity index (χ2v) is 10.2. The summed E-state index contributed by atoms with van der Waals surface area (Å²) in [6.07, 6.45) is 3.84. The SMILES string of the molecule is Cn1ccn(-c2ccc(-c3cc(F)cc(-c4ccc(Cl)c(N5CC[C@@](C)(O)C5)c4)c3O)cc2Cl)c1=O. The predicted molar refractivity (Wildman–Crippen MR) is 141 cm³/mol. The third kappa shape index (κ3) is 4.39. The minimum absolute atomic E-state index is 0.112. The number of hydrogen-bond acceptors (Lipinski definition) is 4. The number of β-amino-alcohol motifs (C(OH)–C–C–N with tert-alkyl or cyclic N) is 1. The van der Waals surface area contributed by atoms with Crippen LogP contribution < -0.4 is 10.6 Å². The van der Waals surface area contributed by atoms with Gasteiger partial charge in [-0.1, -0.05) is 35.3 Å². The summed E-state index contributed by atoms with van der Waals surface area (Å²) in [5.41, 5.74) is 1.76. The lowest BCUT2D eigenvalue weighted by Crippen LogP contribution is -2.29. The lowest BCUT2D eigenvalue weighted by atomic mass is 9.96. The van der Waals surface area contributed by atoms with Gasteiger partial charge < -0.3 is 19.7 Å². The maximum atomic E-state index is 14.8. The van der Waals surface area contributed by atoms with E-state index in [9.17, 15) is 19.4 Å². The van der Waals surface area contributed by atoms with Crippen LogP contribution in [-0.4, -0.2) is 38.0 Å². The van der Waals surface area contributed by atoms with Gasteiger partial charge in [-0.25, -0.2) is 9.18 Å². The van der Waals surface area contributed by atoms with Gasteiger partial charge in [-0.05, 0) is 60.9 Å². The van der Waals surface area contributed by atoms with Crippen molar-refractivity contribution in [3.63, 3.8) is 0 Å². The molecule has 0 amide bonds. The molecule has 36 heavy (non-hydrogen) atoms. The van der Waals surface area contributed by atoms with Gasteiger partial charge in [0, 0.05) is 43.7 Å².